The number of nitrogens with zero attached hydrogens (tertiary/aromatic N) is 3. The van der Waals surface area contributed by atoms with Crippen molar-refractivity contribution in [2.75, 3.05) is 13.2 Å². The number of hydrogen-bond acceptors (Lipinski definition) is 5. The zero-order valence-electron chi connectivity index (χ0n) is 13.3. The topological polar surface area (TPSA) is 97.6 Å². The summed E-state index contributed by atoms with van der Waals surface area (Å²) in [6.45, 7) is 6.93. The highest BCUT2D eigenvalue weighted by molar-refractivity contribution is 6.00. The maximum absolute atomic E-state index is 12.0. The molecule has 1 fully saturated rings. The summed E-state index contributed by atoms with van der Waals surface area (Å²) in [7, 11) is 0. The maximum atomic E-state index is 12.0. The largest absolute Gasteiger partial charge is 0.489 e. The van der Waals surface area contributed by atoms with Crippen molar-refractivity contribution < 1.29 is 14.3 Å². The van der Waals surface area contributed by atoms with Gasteiger partial charge in [-0.25, -0.2) is 14.3 Å². The van der Waals surface area contributed by atoms with Crippen LogP contribution in [-0.2, 0) is 4.79 Å². The molecular formula is C15H19N5O3. The van der Waals surface area contributed by atoms with Crippen molar-refractivity contribution in [1.29, 1.82) is 0 Å². The van der Waals surface area contributed by atoms with E-state index in [0.29, 0.717) is 23.7 Å². The zero-order chi connectivity index (χ0) is 16.6. The Bertz CT molecular complexity index is 762. The van der Waals surface area contributed by atoms with Gasteiger partial charge in [-0.1, -0.05) is 20.8 Å². The van der Waals surface area contributed by atoms with E-state index in [-0.39, 0.29) is 17.9 Å². The molecule has 0 aliphatic carbocycles. The van der Waals surface area contributed by atoms with Crippen LogP contribution in [0.1, 0.15) is 32.4 Å². The van der Waals surface area contributed by atoms with E-state index in [1.54, 1.807) is 23.0 Å². The minimum atomic E-state index is -0.559. The molecule has 1 aliphatic rings. The fourth-order valence-electron chi connectivity index (χ4n) is 2.25. The van der Waals surface area contributed by atoms with Crippen molar-refractivity contribution in [3.63, 3.8) is 0 Å². The van der Waals surface area contributed by atoms with Gasteiger partial charge in [-0.15, -0.1) is 0 Å². The molecule has 3 rings (SSSR count). The number of imide groups is 1. The number of ether oxygens (including phenoxy) is 1. The Hall–Kier alpha value is -2.64. The molecule has 1 atom stereocenters. The van der Waals surface area contributed by atoms with Crippen LogP contribution in [0.4, 0.5) is 4.79 Å². The van der Waals surface area contributed by atoms with E-state index in [0.717, 1.165) is 0 Å². The lowest BCUT2D eigenvalue weighted by molar-refractivity contribution is -0.122. The Kier molecular flexibility index (Phi) is 3.67. The molecule has 23 heavy (non-hydrogen) atoms. The number of urea groups is 1. The smallest absolute Gasteiger partial charge is 0.321 e. The average molecular weight is 317 g/mol. The van der Waals surface area contributed by atoms with Gasteiger partial charge in [0.15, 0.2) is 11.4 Å². The van der Waals surface area contributed by atoms with Crippen molar-refractivity contribution in [2.45, 2.75) is 26.7 Å². The van der Waals surface area contributed by atoms with E-state index in [2.05, 4.69) is 41.5 Å². The number of fused-ring (bicyclic) bond motifs is 1. The van der Waals surface area contributed by atoms with Gasteiger partial charge in [0, 0.05) is 25.0 Å². The molecule has 0 bridgehead atoms. The summed E-state index contributed by atoms with van der Waals surface area (Å²) >= 11 is 0. The van der Waals surface area contributed by atoms with Crippen LogP contribution in [-0.4, -0.2) is 39.7 Å². The lowest BCUT2D eigenvalue weighted by Gasteiger charge is -2.23. The number of imidazole rings is 1. The molecule has 2 N–H and O–H groups in total. The first-order valence-electron chi connectivity index (χ1n) is 7.39. The van der Waals surface area contributed by atoms with E-state index >= 15 is 0 Å². The molecule has 0 saturated carbocycles. The minimum Gasteiger partial charge on any atom is -0.489 e. The molecule has 3 amide bonds. The number of rotatable bonds is 3. The van der Waals surface area contributed by atoms with Crippen molar-refractivity contribution in [2.24, 2.45) is 5.41 Å². The standard InChI is InChI=1S/C15H19N5O3/c1-15(2,3)8-23-11-6-10(19-20-5-4-16-12(11)20)9-7-17-14(22)18-13(9)21/h4-6,9H,7-8H2,1-3H3,(H2,17,18,21,22). The normalized spacial score (nSPS) is 18.7. The number of nitrogens with one attached hydrogen (secondary N) is 2. The number of carbonyl (C=O) groups excluding carboxylic acids is 2. The molecule has 1 unspecified atom stereocenters. The van der Waals surface area contributed by atoms with Crippen LogP contribution >= 0.6 is 0 Å². The van der Waals surface area contributed by atoms with Crippen LogP contribution in [0, 0.1) is 5.41 Å². The highest BCUT2D eigenvalue weighted by atomic mass is 16.5. The van der Waals surface area contributed by atoms with Crippen molar-refractivity contribution >= 4 is 17.6 Å². The van der Waals surface area contributed by atoms with Gasteiger partial charge >= 0.3 is 6.03 Å². The SMILES string of the molecule is CC(C)(C)COc1cc(C2CNC(=O)NC2=O)nn2ccnc12. The minimum absolute atomic E-state index is 0.0107. The van der Waals surface area contributed by atoms with Crippen LogP contribution in [0.25, 0.3) is 5.65 Å². The average Bonchev–Trinajstić information content (AvgIpc) is 2.92. The quantitative estimate of drug-likeness (QED) is 0.882. The Balaban J connectivity index is 1.95. The van der Waals surface area contributed by atoms with Crippen molar-refractivity contribution in [1.82, 2.24) is 25.2 Å². The molecule has 8 heteroatoms. The number of hydrogen-bond donors (Lipinski definition) is 2. The third kappa shape index (κ3) is 3.25. The third-order valence-corrected chi connectivity index (χ3v) is 3.38. The van der Waals surface area contributed by atoms with Gasteiger partial charge in [-0.2, -0.15) is 5.10 Å². The number of aromatic nitrogens is 3. The predicted molar refractivity (Wildman–Crippen MR) is 82.2 cm³/mol. The van der Waals surface area contributed by atoms with Gasteiger partial charge in [0.1, 0.15) is 0 Å². The van der Waals surface area contributed by atoms with Gasteiger partial charge in [0.05, 0.1) is 18.2 Å². The second-order valence-electron chi connectivity index (χ2n) is 6.73. The summed E-state index contributed by atoms with van der Waals surface area (Å²) < 4.78 is 7.47. The van der Waals surface area contributed by atoms with Crippen LogP contribution in [0.5, 0.6) is 5.75 Å². The first-order valence-corrected chi connectivity index (χ1v) is 7.39. The molecule has 0 spiro atoms. The van der Waals surface area contributed by atoms with Crippen molar-refractivity contribution in [3.05, 3.63) is 24.2 Å². The van der Waals surface area contributed by atoms with Gasteiger partial charge < -0.3 is 10.1 Å². The Morgan fingerprint density at radius 2 is 2.17 bits per heavy atom. The van der Waals surface area contributed by atoms with Crippen LogP contribution in [0.3, 0.4) is 0 Å². The second kappa shape index (κ2) is 5.53. The molecule has 2 aromatic heterocycles. The summed E-state index contributed by atoms with van der Waals surface area (Å²) in [4.78, 5) is 27.5. The first-order chi connectivity index (χ1) is 10.8. The molecule has 122 valence electrons. The fourth-order valence-corrected chi connectivity index (χ4v) is 2.25. The molecular weight excluding hydrogens is 298 g/mol. The Labute approximate surface area is 133 Å². The van der Waals surface area contributed by atoms with Gasteiger partial charge in [-0.05, 0) is 5.41 Å². The molecule has 8 nitrogen and oxygen atoms in total. The number of carbonyl (C=O) groups is 2. The van der Waals surface area contributed by atoms with Gasteiger partial charge in [0.2, 0.25) is 5.91 Å². The molecule has 1 aliphatic heterocycles. The summed E-state index contributed by atoms with van der Waals surface area (Å²) in [6, 6.07) is 1.23. The summed E-state index contributed by atoms with van der Waals surface area (Å²) in [5, 5.41) is 9.25. The highest BCUT2D eigenvalue weighted by Crippen LogP contribution is 2.25. The van der Waals surface area contributed by atoms with E-state index in [1.807, 2.05) is 0 Å². The predicted octanol–water partition coefficient (Wildman–Crippen LogP) is 1.08. The third-order valence-electron chi connectivity index (χ3n) is 3.38. The fraction of sp³-hybridized carbons (Fsp3) is 0.467. The zero-order valence-corrected chi connectivity index (χ0v) is 13.3. The Morgan fingerprint density at radius 3 is 2.87 bits per heavy atom. The van der Waals surface area contributed by atoms with E-state index in [1.165, 1.54) is 0 Å². The van der Waals surface area contributed by atoms with E-state index in [9.17, 15) is 9.59 Å². The Morgan fingerprint density at radius 1 is 1.39 bits per heavy atom. The first kappa shape index (κ1) is 15.3. The van der Waals surface area contributed by atoms with Gasteiger partial charge in [-0.3, -0.25) is 10.1 Å². The molecule has 1 saturated heterocycles. The lowest BCUT2D eigenvalue weighted by atomic mass is 9.98. The highest BCUT2D eigenvalue weighted by Gasteiger charge is 2.30. The van der Waals surface area contributed by atoms with Crippen LogP contribution in [0.2, 0.25) is 0 Å². The molecule has 0 aromatic carbocycles. The monoisotopic (exact) mass is 317 g/mol. The summed E-state index contributed by atoms with van der Waals surface area (Å²) in [5.41, 5.74) is 1.11. The maximum Gasteiger partial charge on any atom is 0.321 e. The second-order valence-corrected chi connectivity index (χ2v) is 6.73. The van der Waals surface area contributed by atoms with E-state index < -0.39 is 11.9 Å². The van der Waals surface area contributed by atoms with Gasteiger partial charge in [0.25, 0.3) is 0 Å². The van der Waals surface area contributed by atoms with Crippen LogP contribution < -0.4 is 15.4 Å². The molecule has 3 heterocycles. The van der Waals surface area contributed by atoms with Crippen molar-refractivity contribution in [3.8, 4) is 5.75 Å². The summed E-state index contributed by atoms with van der Waals surface area (Å²) in [5.74, 6) is -0.362. The molecule has 2 aromatic rings. The lowest BCUT2D eigenvalue weighted by Crippen LogP contribution is -2.51. The van der Waals surface area contributed by atoms with Crippen LogP contribution in [0.15, 0.2) is 18.5 Å². The van der Waals surface area contributed by atoms with E-state index in [4.69, 9.17) is 4.74 Å². The summed E-state index contributed by atoms with van der Waals surface area (Å²) in [6.07, 6.45) is 3.32. The number of amides is 3. The molecule has 0 radical (unpaired) electrons.